The van der Waals surface area contributed by atoms with Gasteiger partial charge in [0.05, 0.1) is 7.11 Å². The van der Waals surface area contributed by atoms with Gasteiger partial charge in [-0.15, -0.1) is 0 Å². The van der Waals surface area contributed by atoms with Crippen molar-refractivity contribution in [1.82, 2.24) is 9.97 Å². The summed E-state index contributed by atoms with van der Waals surface area (Å²) in [6, 6.07) is 7.76. The van der Waals surface area contributed by atoms with Crippen molar-refractivity contribution in [1.29, 1.82) is 0 Å². The third-order valence-electron chi connectivity index (χ3n) is 3.03. The SMILES string of the molecule is COc1cccc(N(C)c2ncc(CN)c(C)n2)c1. The molecular weight excluding hydrogens is 240 g/mol. The molecule has 0 aliphatic heterocycles. The number of hydrogen-bond acceptors (Lipinski definition) is 5. The average molecular weight is 258 g/mol. The molecule has 2 N–H and O–H groups in total. The molecule has 0 unspecified atom stereocenters. The number of nitrogens with two attached hydrogens (primary N) is 1. The number of anilines is 2. The van der Waals surface area contributed by atoms with Gasteiger partial charge < -0.3 is 15.4 Å². The maximum Gasteiger partial charge on any atom is 0.229 e. The van der Waals surface area contributed by atoms with Gasteiger partial charge in [0.2, 0.25) is 5.95 Å². The predicted octanol–water partition coefficient (Wildman–Crippen LogP) is 2.02. The minimum absolute atomic E-state index is 0.453. The number of methoxy groups -OCH3 is 1. The smallest absolute Gasteiger partial charge is 0.229 e. The van der Waals surface area contributed by atoms with Gasteiger partial charge >= 0.3 is 0 Å². The molecule has 19 heavy (non-hydrogen) atoms. The van der Waals surface area contributed by atoms with Gasteiger partial charge in [-0.3, -0.25) is 0 Å². The lowest BCUT2D eigenvalue weighted by atomic mass is 10.2. The zero-order valence-electron chi connectivity index (χ0n) is 11.4. The highest BCUT2D eigenvalue weighted by atomic mass is 16.5. The van der Waals surface area contributed by atoms with Crippen LogP contribution in [0.3, 0.4) is 0 Å². The zero-order valence-corrected chi connectivity index (χ0v) is 11.4. The first-order chi connectivity index (χ1) is 9.15. The van der Waals surface area contributed by atoms with Gasteiger partial charge in [-0.2, -0.15) is 0 Å². The van der Waals surface area contributed by atoms with Gasteiger partial charge in [0.25, 0.3) is 0 Å². The number of aromatic nitrogens is 2. The monoisotopic (exact) mass is 258 g/mol. The van der Waals surface area contributed by atoms with Crippen LogP contribution in [0.25, 0.3) is 0 Å². The van der Waals surface area contributed by atoms with Gasteiger partial charge in [0.15, 0.2) is 0 Å². The first-order valence-electron chi connectivity index (χ1n) is 6.06. The Hall–Kier alpha value is -2.14. The van der Waals surface area contributed by atoms with Gasteiger partial charge in [-0.05, 0) is 19.1 Å². The Labute approximate surface area is 113 Å². The van der Waals surface area contributed by atoms with Crippen LogP contribution in [0.2, 0.25) is 0 Å². The highest BCUT2D eigenvalue weighted by Crippen LogP contribution is 2.24. The normalized spacial score (nSPS) is 10.3. The Bertz CT molecular complexity index is 571. The minimum atomic E-state index is 0.453. The molecule has 0 aliphatic rings. The maximum atomic E-state index is 5.62. The number of ether oxygens (including phenoxy) is 1. The van der Waals surface area contributed by atoms with Crippen molar-refractivity contribution in [2.24, 2.45) is 5.73 Å². The third-order valence-corrected chi connectivity index (χ3v) is 3.03. The van der Waals surface area contributed by atoms with Crippen LogP contribution in [-0.4, -0.2) is 24.1 Å². The molecule has 2 rings (SSSR count). The van der Waals surface area contributed by atoms with Gasteiger partial charge in [0, 0.05) is 42.8 Å². The fourth-order valence-electron chi connectivity index (χ4n) is 1.78. The van der Waals surface area contributed by atoms with Crippen LogP contribution in [0, 0.1) is 6.92 Å². The quantitative estimate of drug-likeness (QED) is 0.909. The van der Waals surface area contributed by atoms with Gasteiger partial charge in [0.1, 0.15) is 5.75 Å². The van der Waals surface area contributed by atoms with E-state index in [-0.39, 0.29) is 0 Å². The molecule has 0 atom stereocenters. The lowest BCUT2D eigenvalue weighted by molar-refractivity contribution is 0.415. The molecule has 5 nitrogen and oxygen atoms in total. The van der Waals surface area contributed by atoms with Crippen LogP contribution < -0.4 is 15.4 Å². The summed E-state index contributed by atoms with van der Waals surface area (Å²) in [7, 11) is 3.57. The van der Waals surface area contributed by atoms with E-state index in [9.17, 15) is 0 Å². The second-order valence-corrected chi connectivity index (χ2v) is 4.25. The van der Waals surface area contributed by atoms with E-state index in [4.69, 9.17) is 10.5 Å². The van der Waals surface area contributed by atoms with Crippen molar-refractivity contribution in [2.75, 3.05) is 19.1 Å². The molecule has 2 aromatic rings. The van der Waals surface area contributed by atoms with Crippen LogP contribution in [0.15, 0.2) is 30.5 Å². The van der Waals surface area contributed by atoms with Crippen LogP contribution in [0.1, 0.15) is 11.3 Å². The Morgan fingerprint density at radius 3 is 2.79 bits per heavy atom. The first kappa shape index (κ1) is 13.3. The molecule has 0 amide bonds. The zero-order chi connectivity index (χ0) is 13.8. The molecule has 5 heteroatoms. The van der Waals surface area contributed by atoms with Crippen LogP contribution in [0.5, 0.6) is 5.75 Å². The Kier molecular flexibility index (Phi) is 3.97. The van der Waals surface area contributed by atoms with Crippen molar-refractivity contribution in [3.8, 4) is 5.75 Å². The summed E-state index contributed by atoms with van der Waals surface area (Å²) >= 11 is 0. The second kappa shape index (κ2) is 5.67. The standard InChI is InChI=1S/C14H18N4O/c1-10-11(8-15)9-16-14(17-10)18(2)12-5-4-6-13(7-12)19-3/h4-7,9H,8,15H2,1-3H3. The lowest BCUT2D eigenvalue weighted by Crippen LogP contribution is -2.15. The highest BCUT2D eigenvalue weighted by molar-refractivity contribution is 5.58. The van der Waals surface area contributed by atoms with Crippen molar-refractivity contribution >= 4 is 11.6 Å². The summed E-state index contributed by atoms with van der Waals surface area (Å²) in [5, 5.41) is 0. The van der Waals surface area contributed by atoms with Crippen molar-refractivity contribution in [3.63, 3.8) is 0 Å². The summed E-state index contributed by atoms with van der Waals surface area (Å²) in [6.07, 6.45) is 1.77. The van der Waals surface area contributed by atoms with E-state index in [1.54, 1.807) is 13.3 Å². The van der Waals surface area contributed by atoms with Gasteiger partial charge in [-0.1, -0.05) is 6.07 Å². The van der Waals surface area contributed by atoms with Crippen LogP contribution >= 0.6 is 0 Å². The van der Waals surface area contributed by atoms with E-state index in [0.717, 1.165) is 22.7 Å². The number of hydrogen-bond donors (Lipinski definition) is 1. The van der Waals surface area contributed by atoms with E-state index in [2.05, 4.69) is 9.97 Å². The summed E-state index contributed by atoms with van der Waals surface area (Å²) in [5.41, 5.74) is 8.45. The average Bonchev–Trinajstić information content (AvgIpc) is 2.46. The molecule has 0 saturated heterocycles. The van der Waals surface area contributed by atoms with E-state index in [0.29, 0.717) is 12.5 Å². The summed E-state index contributed by atoms with van der Waals surface area (Å²) in [5.74, 6) is 1.45. The molecule has 0 fully saturated rings. The molecule has 0 aliphatic carbocycles. The van der Waals surface area contributed by atoms with Crippen molar-refractivity contribution < 1.29 is 4.74 Å². The number of aryl methyl sites for hydroxylation is 1. The summed E-state index contributed by atoms with van der Waals surface area (Å²) < 4.78 is 5.22. The number of nitrogens with zero attached hydrogens (tertiary/aromatic N) is 3. The van der Waals surface area contributed by atoms with E-state index in [1.165, 1.54) is 0 Å². The number of benzene rings is 1. The van der Waals surface area contributed by atoms with Crippen LogP contribution in [0.4, 0.5) is 11.6 Å². The molecule has 0 bridgehead atoms. The van der Waals surface area contributed by atoms with Crippen molar-refractivity contribution in [2.45, 2.75) is 13.5 Å². The number of rotatable bonds is 4. The highest BCUT2D eigenvalue weighted by Gasteiger charge is 2.09. The molecule has 0 saturated carbocycles. The minimum Gasteiger partial charge on any atom is -0.497 e. The second-order valence-electron chi connectivity index (χ2n) is 4.25. The predicted molar refractivity (Wildman–Crippen MR) is 75.7 cm³/mol. The largest absolute Gasteiger partial charge is 0.497 e. The van der Waals surface area contributed by atoms with E-state index < -0.39 is 0 Å². The topological polar surface area (TPSA) is 64.3 Å². The fourth-order valence-corrected chi connectivity index (χ4v) is 1.78. The molecule has 0 spiro atoms. The summed E-state index contributed by atoms with van der Waals surface area (Å²) in [4.78, 5) is 10.7. The molecule has 100 valence electrons. The molecule has 1 heterocycles. The van der Waals surface area contributed by atoms with Gasteiger partial charge in [-0.25, -0.2) is 9.97 Å². The fraction of sp³-hybridized carbons (Fsp3) is 0.286. The molecule has 1 aromatic carbocycles. The molecule has 0 radical (unpaired) electrons. The maximum absolute atomic E-state index is 5.62. The Morgan fingerprint density at radius 1 is 1.37 bits per heavy atom. The molecule has 1 aromatic heterocycles. The Balaban J connectivity index is 2.32. The first-order valence-corrected chi connectivity index (χ1v) is 6.06. The molecular formula is C14H18N4O. The van der Waals surface area contributed by atoms with E-state index >= 15 is 0 Å². The Morgan fingerprint density at radius 2 is 2.16 bits per heavy atom. The summed E-state index contributed by atoms with van der Waals surface area (Å²) in [6.45, 7) is 2.39. The lowest BCUT2D eigenvalue weighted by Gasteiger charge is -2.18. The van der Waals surface area contributed by atoms with Crippen molar-refractivity contribution in [3.05, 3.63) is 41.7 Å². The van der Waals surface area contributed by atoms with Crippen LogP contribution in [-0.2, 0) is 6.54 Å². The third kappa shape index (κ3) is 2.82. The van der Waals surface area contributed by atoms with E-state index in [1.807, 2.05) is 43.1 Å².